The van der Waals surface area contributed by atoms with Crippen molar-refractivity contribution in [3.63, 3.8) is 0 Å². The van der Waals surface area contributed by atoms with E-state index in [1.54, 1.807) is 6.20 Å². The molecule has 3 heterocycles. The molecule has 0 unspecified atom stereocenters. The summed E-state index contributed by atoms with van der Waals surface area (Å²) in [6.45, 7) is 7.27. The molecule has 204 valence electrons. The van der Waals surface area contributed by atoms with Crippen LogP contribution in [0, 0.1) is 6.92 Å². The van der Waals surface area contributed by atoms with E-state index in [0.717, 1.165) is 79.6 Å². The van der Waals surface area contributed by atoms with Crippen LogP contribution in [0.1, 0.15) is 17.7 Å². The lowest BCUT2D eigenvalue weighted by atomic mass is 10.1. The molecule has 0 atom stereocenters. The lowest BCUT2D eigenvalue weighted by molar-refractivity contribution is 0.245. The third-order valence-corrected chi connectivity index (χ3v) is 7.04. The van der Waals surface area contributed by atoms with Crippen molar-refractivity contribution >= 4 is 5.69 Å². The SMILES string of the molecule is Cc1onc(-c2ccccc2)c1CN1CCN(c2cnn(-c3ccccc3)c(=O)c2OCCCN(C)C)CC1. The topological polar surface area (TPSA) is 79.9 Å². The van der Waals surface area contributed by atoms with Crippen molar-refractivity contribution in [3.8, 4) is 22.7 Å². The number of hydrogen-bond donors (Lipinski definition) is 0. The first kappa shape index (κ1) is 26.6. The zero-order valence-electron chi connectivity index (χ0n) is 22.9. The van der Waals surface area contributed by atoms with Crippen LogP contribution in [0.25, 0.3) is 16.9 Å². The molecule has 0 bridgehead atoms. The van der Waals surface area contributed by atoms with Crippen molar-refractivity contribution in [2.75, 3.05) is 58.3 Å². The molecule has 0 amide bonds. The number of ether oxygens (including phenoxy) is 1. The predicted molar refractivity (Wildman–Crippen MR) is 153 cm³/mol. The fourth-order valence-corrected chi connectivity index (χ4v) is 4.87. The summed E-state index contributed by atoms with van der Waals surface area (Å²) in [5.41, 5.74) is 4.31. The van der Waals surface area contributed by atoms with E-state index in [-0.39, 0.29) is 5.56 Å². The number of nitrogens with zero attached hydrogens (tertiary/aromatic N) is 6. The summed E-state index contributed by atoms with van der Waals surface area (Å²) in [6.07, 6.45) is 2.60. The van der Waals surface area contributed by atoms with Gasteiger partial charge in [-0.2, -0.15) is 9.78 Å². The summed E-state index contributed by atoms with van der Waals surface area (Å²) in [4.78, 5) is 20.3. The second kappa shape index (κ2) is 12.3. The highest BCUT2D eigenvalue weighted by molar-refractivity contribution is 5.63. The third kappa shape index (κ3) is 6.21. The predicted octanol–water partition coefficient (Wildman–Crippen LogP) is 3.85. The molecule has 0 aliphatic carbocycles. The highest BCUT2D eigenvalue weighted by atomic mass is 16.5. The van der Waals surface area contributed by atoms with Crippen LogP contribution in [0.2, 0.25) is 0 Å². The van der Waals surface area contributed by atoms with E-state index in [1.807, 2.05) is 69.6 Å². The number of aryl methyl sites for hydroxylation is 1. The van der Waals surface area contributed by atoms with Gasteiger partial charge in [0.1, 0.15) is 17.1 Å². The molecule has 9 heteroatoms. The van der Waals surface area contributed by atoms with Gasteiger partial charge < -0.3 is 19.1 Å². The number of anilines is 1. The Labute approximate surface area is 229 Å². The maximum Gasteiger partial charge on any atom is 0.316 e. The second-order valence-corrected chi connectivity index (χ2v) is 10.1. The Morgan fingerprint density at radius 1 is 0.974 bits per heavy atom. The maximum atomic E-state index is 13.6. The van der Waals surface area contributed by atoms with Gasteiger partial charge in [0.05, 0.1) is 18.5 Å². The van der Waals surface area contributed by atoms with E-state index in [1.165, 1.54) is 4.68 Å². The maximum absolute atomic E-state index is 13.6. The number of hydrogen-bond acceptors (Lipinski definition) is 8. The van der Waals surface area contributed by atoms with E-state index < -0.39 is 0 Å². The van der Waals surface area contributed by atoms with Gasteiger partial charge >= 0.3 is 5.56 Å². The minimum atomic E-state index is -0.237. The van der Waals surface area contributed by atoms with Crippen molar-refractivity contribution in [1.82, 2.24) is 24.7 Å². The standard InChI is InChI=1S/C30H36N6O3/c1-23-26(28(32-39-23)24-11-6-4-7-12-24)22-34-16-18-35(19-17-34)27-21-31-36(25-13-8-5-9-14-25)30(37)29(27)38-20-10-15-33(2)3/h4-9,11-14,21H,10,15-20,22H2,1-3H3. The van der Waals surface area contributed by atoms with Gasteiger partial charge in [-0.05, 0) is 39.6 Å². The molecule has 0 saturated carbocycles. The Morgan fingerprint density at radius 3 is 2.36 bits per heavy atom. The van der Waals surface area contributed by atoms with Gasteiger partial charge in [0.25, 0.3) is 0 Å². The van der Waals surface area contributed by atoms with Crippen LogP contribution >= 0.6 is 0 Å². The fourth-order valence-electron chi connectivity index (χ4n) is 4.87. The van der Waals surface area contributed by atoms with Crippen LogP contribution in [0.3, 0.4) is 0 Å². The van der Waals surface area contributed by atoms with E-state index in [4.69, 9.17) is 9.26 Å². The third-order valence-electron chi connectivity index (χ3n) is 7.04. The van der Waals surface area contributed by atoms with Gasteiger partial charge in [-0.3, -0.25) is 9.69 Å². The molecule has 0 spiro atoms. The monoisotopic (exact) mass is 528 g/mol. The molecular formula is C30H36N6O3. The average Bonchev–Trinajstić information content (AvgIpc) is 3.32. The molecular weight excluding hydrogens is 492 g/mol. The van der Waals surface area contributed by atoms with Crippen LogP contribution < -0.4 is 15.2 Å². The van der Waals surface area contributed by atoms with Gasteiger partial charge in [0, 0.05) is 50.4 Å². The summed E-state index contributed by atoms with van der Waals surface area (Å²) in [5.74, 6) is 1.21. The zero-order valence-corrected chi connectivity index (χ0v) is 22.9. The number of piperazine rings is 1. The molecule has 1 saturated heterocycles. The summed E-state index contributed by atoms with van der Waals surface area (Å²) in [6, 6.07) is 19.6. The van der Waals surface area contributed by atoms with Crippen LogP contribution in [0.15, 0.2) is 76.2 Å². The van der Waals surface area contributed by atoms with E-state index in [0.29, 0.717) is 12.4 Å². The average molecular weight is 529 g/mol. The smallest absolute Gasteiger partial charge is 0.316 e. The van der Waals surface area contributed by atoms with E-state index >= 15 is 0 Å². The lowest BCUT2D eigenvalue weighted by Gasteiger charge is -2.36. The first-order valence-electron chi connectivity index (χ1n) is 13.4. The molecule has 4 aromatic rings. The van der Waals surface area contributed by atoms with Crippen LogP contribution in [0.5, 0.6) is 5.75 Å². The number of para-hydroxylation sites is 1. The lowest BCUT2D eigenvalue weighted by Crippen LogP contribution is -2.46. The first-order valence-corrected chi connectivity index (χ1v) is 13.4. The summed E-state index contributed by atoms with van der Waals surface area (Å²) in [5, 5.41) is 8.86. The first-order chi connectivity index (χ1) is 19.0. The highest BCUT2D eigenvalue weighted by Gasteiger charge is 2.25. The Balaban J connectivity index is 1.32. The number of benzene rings is 2. The van der Waals surface area contributed by atoms with Gasteiger partial charge in [-0.1, -0.05) is 53.7 Å². The van der Waals surface area contributed by atoms with Crippen LogP contribution in [-0.2, 0) is 6.54 Å². The normalized spacial score (nSPS) is 14.2. The number of rotatable bonds is 10. The van der Waals surface area contributed by atoms with Gasteiger partial charge in [-0.15, -0.1) is 0 Å². The van der Waals surface area contributed by atoms with Crippen LogP contribution in [-0.4, -0.2) is 78.2 Å². The quantitative estimate of drug-likeness (QED) is 0.287. The van der Waals surface area contributed by atoms with Crippen LogP contribution in [0.4, 0.5) is 5.69 Å². The Kier molecular flexibility index (Phi) is 8.39. The fraction of sp³-hybridized carbons (Fsp3) is 0.367. The van der Waals surface area contributed by atoms with E-state index in [9.17, 15) is 4.79 Å². The second-order valence-electron chi connectivity index (χ2n) is 10.1. The molecule has 39 heavy (non-hydrogen) atoms. The van der Waals surface area contributed by atoms with E-state index in [2.05, 4.69) is 37.1 Å². The van der Waals surface area contributed by atoms with Gasteiger partial charge in [-0.25, -0.2) is 0 Å². The molecule has 0 radical (unpaired) electrons. The van der Waals surface area contributed by atoms with Gasteiger partial charge in [0.15, 0.2) is 0 Å². The van der Waals surface area contributed by atoms with Crippen molar-refractivity contribution in [2.45, 2.75) is 19.9 Å². The Bertz CT molecular complexity index is 1410. The van der Waals surface area contributed by atoms with Crippen molar-refractivity contribution < 1.29 is 9.26 Å². The zero-order chi connectivity index (χ0) is 27.2. The highest BCUT2D eigenvalue weighted by Crippen LogP contribution is 2.29. The van der Waals surface area contributed by atoms with Crippen molar-refractivity contribution in [3.05, 3.63) is 88.5 Å². The molecule has 1 aliphatic heterocycles. The van der Waals surface area contributed by atoms with Gasteiger partial charge in [0.2, 0.25) is 5.75 Å². The Hall–Kier alpha value is -3.95. The molecule has 0 N–H and O–H groups in total. The Morgan fingerprint density at radius 2 is 1.67 bits per heavy atom. The summed E-state index contributed by atoms with van der Waals surface area (Å²) < 4.78 is 13.1. The van der Waals surface area contributed by atoms with Crippen molar-refractivity contribution in [2.24, 2.45) is 0 Å². The molecule has 2 aromatic carbocycles. The largest absolute Gasteiger partial charge is 0.486 e. The molecule has 9 nitrogen and oxygen atoms in total. The van der Waals surface area contributed by atoms with Crippen molar-refractivity contribution in [1.29, 1.82) is 0 Å². The minimum Gasteiger partial charge on any atom is -0.486 e. The molecule has 5 rings (SSSR count). The summed E-state index contributed by atoms with van der Waals surface area (Å²) in [7, 11) is 4.06. The molecule has 1 aliphatic rings. The molecule has 1 fully saturated rings. The minimum absolute atomic E-state index is 0.237. The summed E-state index contributed by atoms with van der Waals surface area (Å²) >= 11 is 0. The molecule has 2 aromatic heterocycles. The number of aromatic nitrogens is 3.